The van der Waals surface area contributed by atoms with Crippen molar-refractivity contribution in [2.45, 2.75) is 19.8 Å². The zero-order valence-electron chi connectivity index (χ0n) is 8.71. The van der Waals surface area contributed by atoms with E-state index in [1.54, 1.807) is 19.2 Å². The molecule has 0 saturated heterocycles. The first-order chi connectivity index (χ1) is 6.77. The van der Waals surface area contributed by atoms with Crippen LogP contribution in [0.1, 0.15) is 19.8 Å². The first kappa shape index (κ1) is 10.7. The molecule has 1 aromatic rings. The Balaban J connectivity index is 2.57. The Morgan fingerprint density at radius 2 is 2.21 bits per heavy atom. The third-order valence-corrected chi connectivity index (χ3v) is 2.04. The first-order valence-electron chi connectivity index (χ1n) is 4.88. The van der Waals surface area contributed by atoms with E-state index in [9.17, 15) is 5.11 Å². The lowest BCUT2D eigenvalue weighted by Crippen LogP contribution is -2.00. The van der Waals surface area contributed by atoms with E-state index < -0.39 is 0 Å². The maximum Gasteiger partial charge on any atom is 0.160 e. The van der Waals surface area contributed by atoms with Gasteiger partial charge in [0.1, 0.15) is 0 Å². The highest BCUT2D eigenvalue weighted by Gasteiger charge is 2.01. The highest BCUT2D eigenvalue weighted by molar-refractivity contribution is 5.53. The smallest absolute Gasteiger partial charge is 0.160 e. The minimum atomic E-state index is 0.175. The predicted octanol–water partition coefficient (Wildman–Crippen LogP) is 2.61. The number of unbranched alkanes of at least 4 members (excludes halogenated alkanes) is 1. The molecule has 78 valence electrons. The lowest BCUT2D eigenvalue weighted by atomic mass is 10.2. The first-order valence-corrected chi connectivity index (χ1v) is 4.88. The van der Waals surface area contributed by atoms with Gasteiger partial charge in [0, 0.05) is 18.3 Å². The molecule has 1 rings (SSSR count). The average molecular weight is 195 g/mol. The summed E-state index contributed by atoms with van der Waals surface area (Å²) < 4.78 is 4.95. The number of phenols is 1. The van der Waals surface area contributed by atoms with E-state index in [4.69, 9.17) is 4.74 Å². The van der Waals surface area contributed by atoms with Crippen LogP contribution < -0.4 is 10.1 Å². The van der Waals surface area contributed by atoms with E-state index in [2.05, 4.69) is 12.2 Å². The van der Waals surface area contributed by atoms with Crippen molar-refractivity contribution < 1.29 is 9.84 Å². The second-order valence-electron chi connectivity index (χ2n) is 3.17. The lowest BCUT2D eigenvalue weighted by molar-refractivity contribution is 0.373. The summed E-state index contributed by atoms with van der Waals surface area (Å²) in [4.78, 5) is 0. The van der Waals surface area contributed by atoms with Gasteiger partial charge in [-0.1, -0.05) is 13.3 Å². The molecule has 0 radical (unpaired) electrons. The monoisotopic (exact) mass is 195 g/mol. The van der Waals surface area contributed by atoms with E-state index in [1.807, 2.05) is 6.07 Å². The van der Waals surface area contributed by atoms with Crippen LogP contribution in [0.15, 0.2) is 18.2 Å². The van der Waals surface area contributed by atoms with Gasteiger partial charge in [-0.25, -0.2) is 0 Å². The summed E-state index contributed by atoms with van der Waals surface area (Å²) >= 11 is 0. The van der Waals surface area contributed by atoms with Gasteiger partial charge in [0.05, 0.1) is 7.11 Å². The highest BCUT2D eigenvalue weighted by atomic mass is 16.5. The summed E-state index contributed by atoms with van der Waals surface area (Å²) in [5.41, 5.74) is 0.928. The highest BCUT2D eigenvalue weighted by Crippen LogP contribution is 2.28. The topological polar surface area (TPSA) is 41.5 Å². The summed E-state index contributed by atoms with van der Waals surface area (Å²) in [6, 6.07) is 5.33. The summed E-state index contributed by atoms with van der Waals surface area (Å²) in [6.07, 6.45) is 2.29. The molecule has 0 saturated carbocycles. The fourth-order valence-corrected chi connectivity index (χ4v) is 1.21. The van der Waals surface area contributed by atoms with Crippen molar-refractivity contribution in [3.8, 4) is 11.5 Å². The zero-order valence-corrected chi connectivity index (χ0v) is 8.71. The Morgan fingerprint density at radius 1 is 1.43 bits per heavy atom. The van der Waals surface area contributed by atoms with Gasteiger partial charge in [0.2, 0.25) is 0 Å². The Labute approximate surface area is 84.7 Å². The van der Waals surface area contributed by atoms with Crippen LogP contribution in [0.4, 0.5) is 5.69 Å². The largest absolute Gasteiger partial charge is 0.504 e. The third kappa shape index (κ3) is 2.83. The van der Waals surface area contributed by atoms with Crippen LogP contribution in [0.3, 0.4) is 0 Å². The summed E-state index contributed by atoms with van der Waals surface area (Å²) in [7, 11) is 1.54. The summed E-state index contributed by atoms with van der Waals surface area (Å²) in [6.45, 7) is 3.08. The summed E-state index contributed by atoms with van der Waals surface area (Å²) in [5.74, 6) is 0.681. The standard InChI is InChI=1S/C11H17NO2/c1-3-4-7-12-9-5-6-11(14-2)10(13)8-9/h5-6,8,12-13H,3-4,7H2,1-2H3. The molecule has 0 heterocycles. The molecule has 0 fully saturated rings. The van der Waals surface area contributed by atoms with Crippen molar-refractivity contribution in [3.05, 3.63) is 18.2 Å². The van der Waals surface area contributed by atoms with Gasteiger partial charge in [-0.05, 0) is 18.6 Å². The molecule has 1 aromatic carbocycles. The molecule has 0 aliphatic carbocycles. The molecule has 0 bridgehead atoms. The number of rotatable bonds is 5. The van der Waals surface area contributed by atoms with E-state index in [0.29, 0.717) is 5.75 Å². The van der Waals surface area contributed by atoms with E-state index in [0.717, 1.165) is 25.1 Å². The Bertz CT molecular complexity index is 287. The third-order valence-electron chi connectivity index (χ3n) is 2.04. The fraction of sp³-hybridized carbons (Fsp3) is 0.455. The van der Waals surface area contributed by atoms with Crippen molar-refractivity contribution >= 4 is 5.69 Å². The van der Waals surface area contributed by atoms with E-state index >= 15 is 0 Å². The number of hydrogen-bond donors (Lipinski definition) is 2. The molecular formula is C11H17NO2. The lowest BCUT2D eigenvalue weighted by Gasteiger charge is -2.08. The minimum Gasteiger partial charge on any atom is -0.504 e. The van der Waals surface area contributed by atoms with Crippen LogP contribution in [0.25, 0.3) is 0 Å². The van der Waals surface area contributed by atoms with Gasteiger partial charge in [-0.15, -0.1) is 0 Å². The number of ether oxygens (including phenoxy) is 1. The Kier molecular flexibility index (Phi) is 4.11. The molecule has 0 unspecified atom stereocenters. The van der Waals surface area contributed by atoms with E-state index in [-0.39, 0.29) is 5.75 Å². The fourth-order valence-electron chi connectivity index (χ4n) is 1.21. The number of benzene rings is 1. The van der Waals surface area contributed by atoms with Crippen molar-refractivity contribution in [1.82, 2.24) is 0 Å². The normalized spacial score (nSPS) is 9.86. The SMILES string of the molecule is CCCCNc1ccc(OC)c(O)c1. The maximum absolute atomic E-state index is 9.48. The molecule has 3 nitrogen and oxygen atoms in total. The molecule has 0 aliphatic heterocycles. The van der Waals surface area contributed by atoms with Crippen molar-refractivity contribution in [3.63, 3.8) is 0 Å². The minimum absolute atomic E-state index is 0.175. The molecule has 0 amide bonds. The van der Waals surface area contributed by atoms with Gasteiger partial charge in [-0.3, -0.25) is 0 Å². The van der Waals surface area contributed by atoms with Crippen LogP contribution in [0.5, 0.6) is 11.5 Å². The second kappa shape index (κ2) is 5.37. The van der Waals surface area contributed by atoms with Gasteiger partial charge in [-0.2, -0.15) is 0 Å². The molecule has 0 aliphatic rings. The molecule has 0 aromatic heterocycles. The molecule has 14 heavy (non-hydrogen) atoms. The summed E-state index contributed by atoms with van der Waals surface area (Å²) in [5, 5.41) is 12.7. The number of nitrogens with one attached hydrogen (secondary N) is 1. The number of hydrogen-bond acceptors (Lipinski definition) is 3. The van der Waals surface area contributed by atoms with Crippen molar-refractivity contribution in [1.29, 1.82) is 0 Å². The van der Waals surface area contributed by atoms with Gasteiger partial charge >= 0.3 is 0 Å². The van der Waals surface area contributed by atoms with Crippen LogP contribution >= 0.6 is 0 Å². The number of methoxy groups -OCH3 is 1. The average Bonchev–Trinajstić information content (AvgIpc) is 2.18. The number of aromatic hydroxyl groups is 1. The van der Waals surface area contributed by atoms with Crippen molar-refractivity contribution in [2.24, 2.45) is 0 Å². The van der Waals surface area contributed by atoms with Gasteiger partial charge in [0.15, 0.2) is 11.5 Å². The quantitative estimate of drug-likeness (QED) is 0.710. The second-order valence-corrected chi connectivity index (χ2v) is 3.17. The van der Waals surface area contributed by atoms with Gasteiger partial charge in [0.25, 0.3) is 0 Å². The molecular weight excluding hydrogens is 178 g/mol. The maximum atomic E-state index is 9.48. The number of anilines is 1. The zero-order chi connectivity index (χ0) is 10.4. The van der Waals surface area contributed by atoms with E-state index in [1.165, 1.54) is 0 Å². The number of phenolic OH excluding ortho intramolecular Hbond substituents is 1. The Morgan fingerprint density at radius 3 is 2.79 bits per heavy atom. The Hall–Kier alpha value is -1.38. The van der Waals surface area contributed by atoms with Crippen LogP contribution in [-0.2, 0) is 0 Å². The molecule has 3 heteroatoms. The van der Waals surface area contributed by atoms with Crippen LogP contribution in [0, 0.1) is 0 Å². The van der Waals surface area contributed by atoms with Crippen molar-refractivity contribution in [2.75, 3.05) is 19.0 Å². The van der Waals surface area contributed by atoms with Crippen LogP contribution in [0.2, 0.25) is 0 Å². The predicted molar refractivity (Wildman–Crippen MR) is 58.1 cm³/mol. The molecule has 2 N–H and O–H groups in total. The van der Waals surface area contributed by atoms with Gasteiger partial charge < -0.3 is 15.2 Å². The molecule has 0 spiro atoms. The molecule has 0 atom stereocenters. The van der Waals surface area contributed by atoms with Crippen LogP contribution in [-0.4, -0.2) is 18.8 Å².